The molecule has 0 unspecified atom stereocenters. The fourth-order valence-electron chi connectivity index (χ4n) is 1.19. The highest BCUT2D eigenvalue weighted by atomic mass is 16.5. The third kappa shape index (κ3) is 4.70. The Labute approximate surface area is 101 Å². The highest BCUT2D eigenvalue weighted by Crippen LogP contribution is 2.13. The summed E-state index contributed by atoms with van der Waals surface area (Å²) in [7, 11) is 0. The van der Waals surface area contributed by atoms with Crippen LogP contribution >= 0.6 is 0 Å². The molecule has 1 rings (SSSR count). The number of oxime groups is 1. The molecule has 0 aliphatic rings. The van der Waals surface area contributed by atoms with Gasteiger partial charge in [0.25, 0.3) is 0 Å². The first-order chi connectivity index (χ1) is 8.13. The number of rotatable bonds is 6. The highest BCUT2D eigenvalue weighted by molar-refractivity contribution is 5.60. The third-order valence-corrected chi connectivity index (χ3v) is 2.31. The molecule has 92 valence electrons. The third-order valence-electron chi connectivity index (χ3n) is 2.31. The summed E-state index contributed by atoms with van der Waals surface area (Å²) in [4.78, 5) is 0. The van der Waals surface area contributed by atoms with Crippen LogP contribution in [0.1, 0.15) is 12.5 Å². The maximum Gasteiger partial charge on any atom is 0.119 e. The van der Waals surface area contributed by atoms with Crippen molar-refractivity contribution in [1.82, 2.24) is 0 Å². The van der Waals surface area contributed by atoms with Gasteiger partial charge in [-0.1, -0.05) is 18.7 Å². The van der Waals surface area contributed by atoms with E-state index < -0.39 is 6.10 Å². The fourth-order valence-corrected chi connectivity index (χ4v) is 1.19. The number of hydrogen-bond donors (Lipinski definition) is 2. The molecule has 0 heterocycles. The predicted octanol–water partition coefficient (Wildman–Crippen LogP) is 2.00. The number of aliphatic hydroxyl groups excluding tert-OH is 1. The molecule has 0 aliphatic carbocycles. The van der Waals surface area contributed by atoms with Crippen molar-refractivity contribution >= 4 is 6.21 Å². The Balaban J connectivity index is 2.48. The van der Waals surface area contributed by atoms with Crippen molar-refractivity contribution in [3.8, 4) is 5.75 Å². The molecule has 0 fully saturated rings. The van der Waals surface area contributed by atoms with E-state index in [9.17, 15) is 5.11 Å². The van der Waals surface area contributed by atoms with Crippen molar-refractivity contribution in [2.45, 2.75) is 19.4 Å². The molecule has 17 heavy (non-hydrogen) atoms. The summed E-state index contributed by atoms with van der Waals surface area (Å²) in [6.07, 6.45) is 1.35. The van der Waals surface area contributed by atoms with Crippen molar-refractivity contribution in [1.29, 1.82) is 0 Å². The number of aliphatic hydroxyl groups is 1. The van der Waals surface area contributed by atoms with E-state index in [0.717, 1.165) is 5.56 Å². The van der Waals surface area contributed by atoms with Crippen LogP contribution in [0.4, 0.5) is 0 Å². The first-order valence-corrected chi connectivity index (χ1v) is 5.34. The van der Waals surface area contributed by atoms with E-state index in [4.69, 9.17) is 9.94 Å². The molecule has 1 aromatic carbocycles. The zero-order valence-corrected chi connectivity index (χ0v) is 9.84. The summed E-state index contributed by atoms with van der Waals surface area (Å²) in [5, 5.41) is 20.7. The summed E-state index contributed by atoms with van der Waals surface area (Å²) in [6.45, 7) is 5.60. The zero-order chi connectivity index (χ0) is 12.7. The van der Waals surface area contributed by atoms with E-state index in [1.807, 2.05) is 24.3 Å². The van der Waals surface area contributed by atoms with Crippen molar-refractivity contribution in [2.75, 3.05) is 6.61 Å². The second kappa shape index (κ2) is 6.70. The standard InChI is InChI=1S/C13H17NO3/c1-10(2)13(15)9-17-12-5-3-11(4-6-12)7-8-14-16/h3-6,8,13,15-16H,1,7,9H2,2H3/b14-8-/t13-/m1/s1. The minimum absolute atomic E-state index is 0.201. The summed E-state index contributed by atoms with van der Waals surface area (Å²) in [6, 6.07) is 7.38. The Morgan fingerprint density at radius 2 is 2.12 bits per heavy atom. The van der Waals surface area contributed by atoms with Crippen LogP contribution in [-0.4, -0.2) is 29.2 Å². The Kier molecular flexibility index (Phi) is 5.23. The Morgan fingerprint density at radius 3 is 2.65 bits per heavy atom. The van der Waals surface area contributed by atoms with Crippen LogP contribution in [0.3, 0.4) is 0 Å². The molecule has 1 atom stereocenters. The van der Waals surface area contributed by atoms with Crippen LogP contribution in [0.15, 0.2) is 41.6 Å². The molecular weight excluding hydrogens is 218 g/mol. The smallest absolute Gasteiger partial charge is 0.119 e. The minimum Gasteiger partial charge on any atom is -0.491 e. The number of hydrogen-bond acceptors (Lipinski definition) is 4. The lowest BCUT2D eigenvalue weighted by atomic mass is 10.1. The van der Waals surface area contributed by atoms with Crippen LogP contribution in [0.2, 0.25) is 0 Å². The van der Waals surface area contributed by atoms with Crippen LogP contribution < -0.4 is 4.74 Å². The van der Waals surface area contributed by atoms with Crippen molar-refractivity contribution in [3.63, 3.8) is 0 Å². The molecule has 4 heteroatoms. The van der Waals surface area contributed by atoms with Crippen LogP contribution in [0.5, 0.6) is 5.75 Å². The molecule has 0 aromatic heterocycles. The zero-order valence-electron chi connectivity index (χ0n) is 9.84. The van der Waals surface area contributed by atoms with E-state index in [2.05, 4.69) is 11.7 Å². The second-order valence-corrected chi connectivity index (χ2v) is 3.82. The summed E-state index contributed by atoms with van der Waals surface area (Å²) in [5.74, 6) is 0.690. The van der Waals surface area contributed by atoms with Crippen LogP contribution in [0.25, 0.3) is 0 Å². The summed E-state index contributed by atoms with van der Waals surface area (Å²) >= 11 is 0. The largest absolute Gasteiger partial charge is 0.491 e. The quantitative estimate of drug-likeness (QED) is 0.343. The molecule has 1 aromatic rings. The van der Waals surface area contributed by atoms with E-state index in [1.54, 1.807) is 6.92 Å². The van der Waals surface area contributed by atoms with E-state index in [1.165, 1.54) is 6.21 Å². The summed E-state index contributed by atoms with van der Waals surface area (Å²) in [5.41, 5.74) is 1.70. The van der Waals surface area contributed by atoms with Gasteiger partial charge in [0.1, 0.15) is 18.5 Å². The molecule has 0 aliphatic heterocycles. The monoisotopic (exact) mass is 235 g/mol. The number of nitrogens with zero attached hydrogens (tertiary/aromatic N) is 1. The average molecular weight is 235 g/mol. The summed E-state index contributed by atoms with van der Waals surface area (Å²) < 4.78 is 5.39. The average Bonchev–Trinajstić information content (AvgIpc) is 2.34. The fraction of sp³-hybridized carbons (Fsp3) is 0.308. The molecule has 0 saturated heterocycles. The lowest BCUT2D eigenvalue weighted by molar-refractivity contribution is 0.136. The normalized spacial score (nSPS) is 12.6. The minimum atomic E-state index is -0.642. The second-order valence-electron chi connectivity index (χ2n) is 3.82. The van der Waals surface area contributed by atoms with Gasteiger partial charge >= 0.3 is 0 Å². The van der Waals surface area contributed by atoms with Gasteiger partial charge in [0.05, 0.1) is 0 Å². The molecular formula is C13H17NO3. The van der Waals surface area contributed by atoms with Gasteiger partial charge in [-0.25, -0.2) is 0 Å². The molecule has 0 saturated carbocycles. The van der Waals surface area contributed by atoms with E-state index in [-0.39, 0.29) is 6.61 Å². The van der Waals surface area contributed by atoms with Gasteiger partial charge in [-0.15, -0.1) is 5.16 Å². The lowest BCUT2D eigenvalue weighted by Crippen LogP contribution is -2.18. The van der Waals surface area contributed by atoms with Gasteiger partial charge in [-0.2, -0.15) is 0 Å². The topological polar surface area (TPSA) is 62.0 Å². The molecule has 2 N–H and O–H groups in total. The number of ether oxygens (including phenoxy) is 1. The SMILES string of the molecule is C=C(C)[C@H](O)COc1ccc(C/C=N\O)cc1. The maximum absolute atomic E-state index is 9.49. The van der Waals surface area contributed by atoms with Crippen molar-refractivity contribution in [2.24, 2.45) is 5.16 Å². The molecule has 0 radical (unpaired) electrons. The predicted molar refractivity (Wildman–Crippen MR) is 66.7 cm³/mol. The highest BCUT2D eigenvalue weighted by Gasteiger charge is 2.05. The van der Waals surface area contributed by atoms with E-state index in [0.29, 0.717) is 17.7 Å². The van der Waals surface area contributed by atoms with Gasteiger partial charge in [0.2, 0.25) is 0 Å². The molecule has 0 spiro atoms. The lowest BCUT2D eigenvalue weighted by Gasteiger charge is -2.12. The molecule has 4 nitrogen and oxygen atoms in total. The van der Waals surface area contributed by atoms with Gasteiger partial charge in [0.15, 0.2) is 0 Å². The van der Waals surface area contributed by atoms with Gasteiger partial charge in [0, 0.05) is 12.6 Å². The Hall–Kier alpha value is -1.81. The van der Waals surface area contributed by atoms with Crippen LogP contribution in [0, 0.1) is 0 Å². The first-order valence-electron chi connectivity index (χ1n) is 5.34. The first kappa shape index (κ1) is 13.3. The Morgan fingerprint density at radius 1 is 1.47 bits per heavy atom. The van der Waals surface area contributed by atoms with Crippen LogP contribution in [-0.2, 0) is 6.42 Å². The van der Waals surface area contributed by atoms with Crippen molar-refractivity contribution in [3.05, 3.63) is 42.0 Å². The molecule has 0 amide bonds. The number of benzene rings is 1. The van der Waals surface area contributed by atoms with Gasteiger partial charge in [-0.05, 0) is 30.2 Å². The van der Waals surface area contributed by atoms with Gasteiger partial charge in [-0.3, -0.25) is 0 Å². The van der Waals surface area contributed by atoms with E-state index >= 15 is 0 Å². The molecule has 0 bridgehead atoms. The van der Waals surface area contributed by atoms with Crippen molar-refractivity contribution < 1.29 is 15.1 Å². The maximum atomic E-state index is 9.49. The van der Waals surface area contributed by atoms with Gasteiger partial charge < -0.3 is 15.1 Å². The Bertz CT molecular complexity index is 384.